The Kier molecular flexibility index (Phi) is 4.35. The van der Waals surface area contributed by atoms with Gasteiger partial charge in [-0.15, -0.1) is 0 Å². The first-order chi connectivity index (χ1) is 7.70. The highest BCUT2D eigenvalue weighted by atomic mass is 14.5. The van der Waals surface area contributed by atoms with Crippen molar-refractivity contribution in [3.63, 3.8) is 0 Å². The van der Waals surface area contributed by atoms with Crippen molar-refractivity contribution in [1.82, 2.24) is 0 Å². The first-order valence-corrected chi connectivity index (χ1v) is 7.45. The van der Waals surface area contributed by atoms with Crippen LogP contribution in [0.4, 0.5) is 0 Å². The van der Waals surface area contributed by atoms with E-state index in [4.69, 9.17) is 5.64 Å². The summed E-state index contributed by atoms with van der Waals surface area (Å²) >= 11 is 0. The Labute approximate surface area is 102 Å². The second-order valence-electron chi connectivity index (χ2n) is 6.43. The second-order valence-corrected chi connectivity index (χ2v) is 6.43. The zero-order valence-electron chi connectivity index (χ0n) is 11.1. The predicted octanol–water partition coefficient (Wildman–Crippen LogP) is 4.10. The molecule has 2 aliphatic carbocycles. The average molecular weight is 221 g/mol. The van der Waals surface area contributed by atoms with E-state index in [-0.39, 0.29) is 0 Å². The Bertz CT molecular complexity index is 197. The maximum Gasteiger partial charge on any atom is 0.224 e. The summed E-state index contributed by atoms with van der Waals surface area (Å²) in [6.07, 6.45) is 11.3. The van der Waals surface area contributed by atoms with Gasteiger partial charge in [-0.3, -0.25) is 0 Å². The van der Waals surface area contributed by atoms with Crippen molar-refractivity contribution in [3.8, 4) is 0 Å². The Morgan fingerprint density at radius 3 is 1.50 bits per heavy atom. The fourth-order valence-corrected chi connectivity index (χ4v) is 4.15. The minimum atomic E-state index is 0.491. The third-order valence-corrected chi connectivity index (χ3v) is 5.34. The van der Waals surface area contributed by atoms with Crippen molar-refractivity contribution >= 4 is 6.85 Å². The number of hydrogen-bond donors (Lipinski definition) is 1. The van der Waals surface area contributed by atoms with Crippen LogP contribution < -0.4 is 5.64 Å². The largest absolute Gasteiger partial charge is 0.369 e. The standard InChI is InChI=1S/C14H28BN/c1-11-7-3-5-9-13(11)15(16)14-10-6-4-8-12(14)2/h11-14H,3-10,16H2,1-2H3. The van der Waals surface area contributed by atoms with Gasteiger partial charge in [-0.05, 0) is 23.5 Å². The summed E-state index contributed by atoms with van der Waals surface area (Å²) in [5, 5.41) is 0. The number of nitrogens with two attached hydrogens (primary N) is 1. The van der Waals surface area contributed by atoms with E-state index in [1.54, 1.807) is 0 Å². The van der Waals surface area contributed by atoms with Crippen LogP contribution in [0.3, 0.4) is 0 Å². The lowest BCUT2D eigenvalue weighted by molar-refractivity contribution is 0.345. The van der Waals surface area contributed by atoms with Crippen molar-refractivity contribution in [2.45, 2.75) is 76.8 Å². The Balaban J connectivity index is 1.96. The minimum absolute atomic E-state index is 0.491. The van der Waals surface area contributed by atoms with Crippen LogP contribution in [0.1, 0.15) is 65.2 Å². The van der Waals surface area contributed by atoms with E-state index in [9.17, 15) is 0 Å². The highest BCUT2D eigenvalue weighted by Gasteiger charge is 2.38. The van der Waals surface area contributed by atoms with Crippen LogP contribution in [-0.4, -0.2) is 6.85 Å². The summed E-state index contributed by atoms with van der Waals surface area (Å²) in [7, 11) is 0. The molecule has 1 nitrogen and oxygen atoms in total. The van der Waals surface area contributed by atoms with Gasteiger partial charge >= 0.3 is 0 Å². The highest BCUT2D eigenvalue weighted by molar-refractivity contribution is 6.58. The van der Waals surface area contributed by atoms with Gasteiger partial charge in [-0.1, -0.05) is 65.2 Å². The molecule has 4 unspecified atom stereocenters. The molecule has 0 spiro atoms. The summed E-state index contributed by atoms with van der Waals surface area (Å²) in [5.41, 5.74) is 6.60. The molecule has 0 radical (unpaired) electrons. The maximum absolute atomic E-state index is 6.60. The predicted molar refractivity (Wildman–Crippen MR) is 72.7 cm³/mol. The van der Waals surface area contributed by atoms with E-state index >= 15 is 0 Å². The zero-order valence-corrected chi connectivity index (χ0v) is 11.1. The van der Waals surface area contributed by atoms with Crippen LogP contribution in [0.5, 0.6) is 0 Å². The van der Waals surface area contributed by atoms with Crippen LogP contribution in [0.2, 0.25) is 11.6 Å². The van der Waals surface area contributed by atoms with E-state index in [0.29, 0.717) is 6.85 Å². The monoisotopic (exact) mass is 221 g/mol. The lowest BCUT2D eigenvalue weighted by Gasteiger charge is -2.39. The molecule has 2 N–H and O–H groups in total. The fraction of sp³-hybridized carbons (Fsp3) is 1.00. The van der Waals surface area contributed by atoms with Crippen LogP contribution in [-0.2, 0) is 0 Å². The van der Waals surface area contributed by atoms with Crippen molar-refractivity contribution < 1.29 is 0 Å². The average Bonchev–Trinajstić information content (AvgIpc) is 2.29. The summed E-state index contributed by atoms with van der Waals surface area (Å²) in [6.45, 7) is 5.35. The van der Waals surface area contributed by atoms with Gasteiger partial charge in [0.25, 0.3) is 0 Å². The van der Waals surface area contributed by atoms with Gasteiger partial charge in [0, 0.05) is 0 Å². The van der Waals surface area contributed by atoms with Gasteiger partial charge in [0.05, 0.1) is 0 Å². The van der Waals surface area contributed by atoms with Crippen LogP contribution >= 0.6 is 0 Å². The quantitative estimate of drug-likeness (QED) is 0.698. The molecule has 0 aromatic rings. The second kappa shape index (κ2) is 5.57. The van der Waals surface area contributed by atoms with Crippen molar-refractivity contribution in [2.24, 2.45) is 17.5 Å². The Hall–Kier alpha value is 0.0249. The molecular weight excluding hydrogens is 193 g/mol. The summed E-state index contributed by atoms with van der Waals surface area (Å²) in [6, 6.07) is 0. The highest BCUT2D eigenvalue weighted by Crippen LogP contribution is 2.44. The minimum Gasteiger partial charge on any atom is -0.369 e. The molecule has 0 bridgehead atoms. The molecule has 2 heteroatoms. The molecule has 2 fully saturated rings. The maximum atomic E-state index is 6.60. The van der Waals surface area contributed by atoms with Gasteiger partial charge < -0.3 is 5.64 Å². The third kappa shape index (κ3) is 2.64. The molecule has 0 aromatic carbocycles. The first-order valence-electron chi connectivity index (χ1n) is 7.45. The first kappa shape index (κ1) is 12.5. The molecule has 0 saturated heterocycles. The van der Waals surface area contributed by atoms with Crippen LogP contribution in [0.25, 0.3) is 0 Å². The lowest BCUT2D eigenvalue weighted by Crippen LogP contribution is -2.43. The molecule has 16 heavy (non-hydrogen) atoms. The van der Waals surface area contributed by atoms with Gasteiger partial charge in [-0.25, -0.2) is 0 Å². The molecule has 0 heterocycles. The molecule has 2 rings (SSSR count). The summed E-state index contributed by atoms with van der Waals surface area (Å²) in [4.78, 5) is 0. The fourth-order valence-electron chi connectivity index (χ4n) is 4.15. The van der Waals surface area contributed by atoms with E-state index in [1.807, 2.05) is 0 Å². The molecular formula is C14H28BN. The zero-order chi connectivity index (χ0) is 11.5. The molecule has 2 saturated carbocycles. The number of hydrogen-bond acceptors (Lipinski definition) is 1. The van der Waals surface area contributed by atoms with Gasteiger partial charge in [-0.2, -0.15) is 0 Å². The Morgan fingerprint density at radius 1 is 0.750 bits per heavy atom. The van der Waals surface area contributed by atoms with Crippen LogP contribution in [0.15, 0.2) is 0 Å². The van der Waals surface area contributed by atoms with Crippen molar-refractivity contribution in [3.05, 3.63) is 0 Å². The lowest BCUT2D eigenvalue weighted by atomic mass is 9.36. The SMILES string of the molecule is CC1CCCCC1B(N)C1CCCCC1C. The van der Waals surface area contributed by atoms with Gasteiger partial charge in [0.1, 0.15) is 0 Å². The van der Waals surface area contributed by atoms with E-state index in [1.165, 1.54) is 51.4 Å². The van der Waals surface area contributed by atoms with Gasteiger partial charge in [0.15, 0.2) is 0 Å². The van der Waals surface area contributed by atoms with Crippen LogP contribution in [0, 0.1) is 11.8 Å². The molecule has 0 amide bonds. The topological polar surface area (TPSA) is 26.0 Å². The van der Waals surface area contributed by atoms with E-state index in [0.717, 1.165) is 23.5 Å². The molecule has 4 atom stereocenters. The van der Waals surface area contributed by atoms with E-state index in [2.05, 4.69) is 13.8 Å². The van der Waals surface area contributed by atoms with Crippen molar-refractivity contribution in [2.75, 3.05) is 0 Å². The van der Waals surface area contributed by atoms with Crippen molar-refractivity contribution in [1.29, 1.82) is 0 Å². The molecule has 0 aromatic heterocycles. The summed E-state index contributed by atoms with van der Waals surface area (Å²) < 4.78 is 0. The normalized spacial score (nSPS) is 40.7. The molecule has 0 aliphatic heterocycles. The Morgan fingerprint density at radius 2 is 1.12 bits per heavy atom. The number of rotatable bonds is 2. The smallest absolute Gasteiger partial charge is 0.224 e. The molecule has 2 aliphatic rings. The molecule has 92 valence electrons. The third-order valence-electron chi connectivity index (χ3n) is 5.34. The summed E-state index contributed by atoms with van der Waals surface area (Å²) in [5.74, 6) is 3.38. The van der Waals surface area contributed by atoms with Gasteiger partial charge in [0.2, 0.25) is 6.85 Å². The van der Waals surface area contributed by atoms with E-state index < -0.39 is 0 Å².